The minimum Gasteiger partial charge on any atom is -0.322 e. The van der Waals surface area contributed by atoms with Crippen molar-refractivity contribution in [1.29, 1.82) is 0 Å². The number of nitrogens with one attached hydrogen (secondary N) is 2. The highest BCUT2D eigenvalue weighted by molar-refractivity contribution is 7.99. The molecule has 4 rings (SSSR count). The number of thioether (sulfide) groups is 1. The number of carbonyl (C=O) groups is 1. The number of rotatable bonds is 3. The van der Waals surface area contributed by atoms with Gasteiger partial charge in [-0.15, -0.1) is 11.8 Å². The van der Waals surface area contributed by atoms with Gasteiger partial charge < -0.3 is 11.1 Å². The Bertz CT molecular complexity index is 1050. The third-order valence-electron chi connectivity index (χ3n) is 4.91. The summed E-state index contributed by atoms with van der Waals surface area (Å²) in [6, 6.07) is 9.72. The topological polar surface area (TPSA) is 92.9 Å². The molecule has 1 aliphatic heterocycles. The van der Waals surface area contributed by atoms with Gasteiger partial charge in [0.05, 0.1) is 11.0 Å². The summed E-state index contributed by atoms with van der Waals surface area (Å²) in [5.41, 5.74) is 7.97. The van der Waals surface area contributed by atoms with Crippen LogP contribution in [-0.2, 0) is 5.54 Å². The Morgan fingerprint density at radius 1 is 1.20 bits per heavy atom. The highest BCUT2D eigenvalue weighted by Crippen LogP contribution is 2.35. The van der Waals surface area contributed by atoms with E-state index in [1.54, 1.807) is 54.5 Å². The normalized spacial score (nSPS) is 20.9. The second-order valence-corrected chi connectivity index (χ2v) is 8.18. The Morgan fingerprint density at radius 3 is 2.67 bits per heavy atom. The lowest BCUT2D eigenvalue weighted by Gasteiger charge is -2.38. The Morgan fingerprint density at radius 2 is 1.93 bits per heavy atom. The van der Waals surface area contributed by atoms with Gasteiger partial charge in [0.2, 0.25) is 0 Å². The van der Waals surface area contributed by atoms with Crippen molar-refractivity contribution in [2.75, 3.05) is 11.1 Å². The quantitative estimate of drug-likeness (QED) is 0.579. The summed E-state index contributed by atoms with van der Waals surface area (Å²) in [7, 11) is 0. The van der Waals surface area contributed by atoms with Crippen LogP contribution >= 0.6 is 11.8 Å². The van der Waals surface area contributed by atoms with Crippen molar-refractivity contribution in [3.8, 4) is 0 Å². The summed E-state index contributed by atoms with van der Waals surface area (Å²) < 4.78 is 14.5. The molecule has 0 radical (unpaired) electrons. The maximum Gasteiger partial charge on any atom is 0.255 e. The lowest BCUT2D eigenvalue weighted by Crippen LogP contribution is -2.52. The van der Waals surface area contributed by atoms with Crippen LogP contribution in [0.3, 0.4) is 0 Å². The standard InChI is InChI=1S/C20H20FN5OS.C2H6/c1-20(6-9-28-19(22)26-20)14-11-13(3-4-15(14)21)25-18(27)12-2-5-16-17(10-12)24-8-7-23-16;1-2/h2-5,7-8,10-11,19,26H,6,9,22H2,1H3,(H,25,27);1-2H3. The number of hydrogen-bond acceptors (Lipinski definition) is 6. The fourth-order valence-corrected chi connectivity index (χ4v) is 4.49. The maximum atomic E-state index is 14.5. The van der Waals surface area contributed by atoms with E-state index in [4.69, 9.17) is 5.73 Å². The first-order valence-electron chi connectivity index (χ1n) is 9.92. The van der Waals surface area contributed by atoms with Crippen molar-refractivity contribution >= 4 is 34.4 Å². The van der Waals surface area contributed by atoms with Crippen molar-refractivity contribution in [3.05, 3.63) is 65.7 Å². The van der Waals surface area contributed by atoms with Gasteiger partial charge in [-0.25, -0.2) is 4.39 Å². The summed E-state index contributed by atoms with van der Waals surface area (Å²) in [6.45, 7) is 5.93. The minimum atomic E-state index is -0.589. The average molecular weight is 428 g/mol. The van der Waals surface area contributed by atoms with Gasteiger partial charge in [-0.05, 0) is 55.5 Å². The van der Waals surface area contributed by atoms with Crippen LogP contribution in [0, 0.1) is 5.82 Å². The molecule has 2 aromatic carbocycles. The van der Waals surface area contributed by atoms with Crippen LogP contribution in [0.5, 0.6) is 0 Å². The van der Waals surface area contributed by atoms with Gasteiger partial charge in [-0.2, -0.15) is 0 Å². The predicted octanol–water partition coefficient (Wildman–Crippen LogP) is 4.23. The molecule has 0 spiro atoms. The molecule has 0 saturated carbocycles. The molecule has 6 nitrogen and oxygen atoms in total. The highest BCUT2D eigenvalue weighted by atomic mass is 32.2. The average Bonchev–Trinajstić information content (AvgIpc) is 2.76. The first kappa shape index (κ1) is 22.1. The summed E-state index contributed by atoms with van der Waals surface area (Å²) in [5.74, 6) is 0.214. The largest absolute Gasteiger partial charge is 0.322 e. The zero-order chi connectivity index (χ0) is 21.7. The van der Waals surface area contributed by atoms with Crippen molar-refractivity contribution < 1.29 is 9.18 Å². The first-order chi connectivity index (χ1) is 14.4. The molecule has 8 heteroatoms. The van der Waals surface area contributed by atoms with Crippen molar-refractivity contribution in [3.63, 3.8) is 0 Å². The van der Waals surface area contributed by atoms with Gasteiger partial charge in [0.1, 0.15) is 11.3 Å². The van der Waals surface area contributed by atoms with E-state index in [0.717, 1.165) is 12.2 Å². The van der Waals surface area contributed by atoms with Crippen LogP contribution in [0.25, 0.3) is 11.0 Å². The summed E-state index contributed by atoms with van der Waals surface area (Å²) in [5, 5.41) is 6.10. The van der Waals surface area contributed by atoms with Gasteiger partial charge in [0.15, 0.2) is 0 Å². The Kier molecular flexibility index (Phi) is 7.02. The fourth-order valence-electron chi connectivity index (χ4n) is 3.36. The highest BCUT2D eigenvalue weighted by Gasteiger charge is 2.34. The number of amides is 1. The van der Waals surface area contributed by atoms with E-state index in [1.165, 1.54) is 6.07 Å². The van der Waals surface area contributed by atoms with E-state index in [2.05, 4.69) is 20.6 Å². The Balaban J connectivity index is 0.00000124. The molecule has 2 heterocycles. The molecule has 1 aromatic heterocycles. The predicted molar refractivity (Wildman–Crippen MR) is 121 cm³/mol. The minimum absolute atomic E-state index is 0.255. The third-order valence-corrected chi connectivity index (χ3v) is 5.83. The van der Waals surface area contributed by atoms with Crippen LogP contribution in [-0.4, -0.2) is 27.1 Å². The second-order valence-electron chi connectivity index (χ2n) is 6.93. The van der Waals surface area contributed by atoms with E-state index in [9.17, 15) is 9.18 Å². The number of benzene rings is 2. The molecule has 1 fully saturated rings. The van der Waals surface area contributed by atoms with Gasteiger partial charge in [0, 0.05) is 34.7 Å². The number of carbonyl (C=O) groups excluding carboxylic acids is 1. The van der Waals surface area contributed by atoms with E-state index in [-0.39, 0.29) is 17.2 Å². The molecule has 1 amide bonds. The number of fused-ring (bicyclic) bond motifs is 1. The Hall–Kier alpha value is -2.55. The lowest BCUT2D eigenvalue weighted by molar-refractivity contribution is 0.102. The van der Waals surface area contributed by atoms with Gasteiger partial charge in [-0.3, -0.25) is 20.1 Å². The lowest BCUT2D eigenvalue weighted by atomic mass is 9.88. The molecule has 158 valence electrons. The molecular formula is C22H26FN5OS. The van der Waals surface area contributed by atoms with Crippen molar-refractivity contribution in [2.24, 2.45) is 5.73 Å². The molecule has 0 aliphatic carbocycles. The first-order valence-corrected chi connectivity index (χ1v) is 11.0. The monoisotopic (exact) mass is 427 g/mol. The number of anilines is 1. The Labute approximate surface area is 179 Å². The van der Waals surface area contributed by atoms with E-state index in [0.29, 0.717) is 27.8 Å². The number of nitrogens with two attached hydrogens (primary N) is 1. The van der Waals surface area contributed by atoms with E-state index < -0.39 is 5.54 Å². The van der Waals surface area contributed by atoms with E-state index in [1.807, 2.05) is 20.8 Å². The van der Waals surface area contributed by atoms with Crippen LogP contribution < -0.4 is 16.4 Å². The van der Waals surface area contributed by atoms with Gasteiger partial charge in [-0.1, -0.05) is 13.8 Å². The smallest absolute Gasteiger partial charge is 0.255 e. The SMILES string of the molecule is CC.CC1(c2cc(NC(=O)c3ccc4nccnc4c3)ccc2F)CCSC(N)N1. The fraction of sp³-hybridized carbons (Fsp3) is 0.318. The van der Waals surface area contributed by atoms with E-state index >= 15 is 0 Å². The molecule has 4 N–H and O–H groups in total. The molecule has 0 bridgehead atoms. The number of halogens is 1. The summed E-state index contributed by atoms with van der Waals surface area (Å²) in [4.78, 5) is 21.1. The second kappa shape index (κ2) is 9.51. The molecule has 2 unspecified atom stereocenters. The van der Waals surface area contributed by atoms with Crippen LogP contribution in [0.15, 0.2) is 48.8 Å². The number of hydrogen-bond donors (Lipinski definition) is 3. The number of nitrogens with zero attached hydrogens (tertiary/aromatic N) is 2. The molecule has 2 atom stereocenters. The molecular weight excluding hydrogens is 401 g/mol. The molecule has 1 saturated heterocycles. The van der Waals surface area contributed by atoms with Gasteiger partial charge in [0.25, 0.3) is 5.91 Å². The van der Waals surface area contributed by atoms with Gasteiger partial charge >= 0.3 is 0 Å². The third kappa shape index (κ3) is 4.77. The maximum absolute atomic E-state index is 14.5. The molecule has 30 heavy (non-hydrogen) atoms. The van der Waals surface area contributed by atoms with Crippen LogP contribution in [0.1, 0.15) is 43.1 Å². The molecule has 1 aliphatic rings. The summed E-state index contributed by atoms with van der Waals surface area (Å²) in [6.07, 6.45) is 3.92. The van der Waals surface area contributed by atoms with Crippen LogP contribution in [0.2, 0.25) is 0 Å². The van der Waals surface area contributed by atoms with Crippen molar-refractivity contribution in [1.82, 2.24) is 15.3 Å². The molecule has 3 aromatic rings. The number of aromatic nitrogens is 2. The summed E-state index contributed by atoms with van der Waals surface area (Å²) >= 11 is 1.60. The van der Waals surface area contributed by atoms with Crippen LogP contribution in [0.4, 0.5) is 10.1 Å². The zero-order valence-corrected chi connectivity index (χ0v) is 18.1. The zero-order valence-electron chi connectivity index (χ0n) is 17.3. The van der Waals surface area contributed by atoms with Crippen molar-refractivity contribution in [2.45, 2.75) is 38.2 Å².